The van der Waals surface area contributed by atoms with Crippen LogP contribution in [-0.4, -0.2) is 37.8 Å². The highest BCUT2D eigenvalue weighted by Crippen LogP contribution is 2.48. The lowest BCUT2D eigenvalue weighted by molar-refractivity contribution is 0.171. The topological polar surface area (TPSA) is 79.9 Å². The molecular weight excluding hydrogens is 266 g/mol. The summed E-state index contributed by atoms with van der Waals surface area (Å²) < 4.78 is 5.17. The van der Waals surface area contributed by atoms with Crippen molar-refractivity contribution in [3.63, 3.8) is 0 Å². The molecular formula is C16H25N3O2. The van der Waals surface area contributed by atoms with Crippen LogP contribution in [0.1, 0.15) is 30.7 Å². The molecule has 0 aliphatic heterocycles. The van der Waals surface area contributed by atoms with E-state index < -0.39 is 0 Å². The van der Waals surface area contributed by atoms with Gasteiger partial charge >= 0.3 is 0 Å². The number of hydrogen-bond acceptors (Lipinski definition) is 4. The van der Waals surface area contributed by atoms with Crippen molar-refractivity contribution in [2.45, 2.75) is 25.2 Å². The van der Waals surface area contributed by atoms with E-state index in [2.05, 4.69) is 10.5 Å². The molecule has 0 amide bonds. The van der Waals surface area contributed by atoms with Crippen LogP contribution < -0.4 is 11.1 Å². The zero-order chi connectivity index (χ0) is 15.1. The third kappa shape index (κ3) is 4.44. The van der Waals surface area contributed by atoms with Crippen molar-refractivity contribution < 1.29 is 9.94 Å². The van der Waals surface area contributed by atoms with Crippen molar-refractivity contribution in [3.05, 3.63) is 35.9 Å². The molecule has 1 aliphatic carbocycles. The molecule has 1 aromatic carbocycles. The highest BCUT2D eigenvalue weighted by Gasteiger charge is 2.41. The average molecular weight is 291 g/mol. The van der Waals surface area contributed by atoms with Gasteiger partial charge < -0.3 is 21.0 Å². The molecule has 0 heterocycles. The molecule has 0 bridgehead atoms. The summed E-state index contributed by atoms with van der Waals surface area (Å²) in [6.45, 7) is 2.44. The number of oxime groups is 1. The van der Waals surface area contributed by atoms with Gasteiger partial charge in [-0.1, -0.05) is 35.5 Å². The van der Waals surface area contributed by atoms with Gasteiger partial charge in [-0.15, -0.1) is 0 Å². The summed E-state index contributed by atoms with van der Waals surface area (Å²) in [6, 6.07) is 9.90. The Hall–Kier alpha value is -1.59. The van der Waals surface area contributed by atoms with Crippen LogP contribution in [0.25, 0.3) is 0 Å². The van der Waals surface area contributed by atoms with Crippen molar-refractivity contribution >= 4 is 5.84 Å². The van der Waals surface area contributed by atoms with Crippen molar-refractivity contribution in [2.24, 2.45) is 16.3 Å². The molecule has 0 saturated heterocycles. The monoisotopic (exact) mass is 291 g/mol. The standard InChI is InChI=1S/C16H25N3O2/c1-21-10-9-16(7-8-16)12-18-11-14(15(17)19-20)13-5-3-2-4-6-13/h2-6,14,18,20H,7-12H2,1H3,(H2,17,19). The van der Waals surface area contributed by atoms with Crippen LogP contribution in [0.3, 0.4) is 0 Å². The van der Waals surface area contributed by atoms with E-state index in [0.29, 0.717) is 12.0 Å². The second-order valence-electron chi connectivity index (χ2n) is 5.86. The Kier molecular flexibility index (Phi) is 5.59. The number of amidine groups is 1. The highest BCUT2D eigenvalue weighted by atomic mass is 16.5. The molecule has 1 fully saturated rings. The van der Waals surface area contributed by atoms with E-state index in [1.807, 2.05) is 30.3 Å². The van der Waals surface area contributed by atoms with Crippen LogP contribution in [-0.2, 0) is 4.74 Å². The van der Waals surface area contributed by atoms with Gasteiger partial charge in [-0.25, -0.2) is 0 Å². The van der Waals surface area contributed by atoms with Gasteiger partial charge in [-0.3, -0.25) is 0 Å². The summed E-state index contributed by atoms with van der Waals surface area (Å²) in [4.78, 5) is 0. The minimum absolute atomic E-state index is 0.102. The molecule has 1 saturated carbocycles. The Bertz CT molecular complexity index is 458. The summed E-state index contributed by atoms with van der Waals surface area (Å²) in [5.74, 6) is 0.143. The Labute approximate surface area is 126 Å². The lowest BCUT2D eigenvalue weighted by Crippen LogP contribution is -2.34. The number of nitrogens with one attached hydrogen (secondary N) is 1. The molecule has 4 N–H and O–H groups in total. The van der Waals surface area contributed by atoms with Gasteiger partial charge in [0.1, 0.15) is 5.84 Å². The zero-order valence-corrected chi connectivity index (χ0v) is 12.6. The van der Waals surface area contributed by atoms with E-state index >= 15 is 0 Å². The molecule has 0 aromatic heterocycles. The fraction of sp³-hybridized carbons (Fsp3) is 0.562. The molecule has 1 unspecified atom stereocenters. The summed E-state index contributed by atoms with van der Waals surface area (Å²) in [6.07, 6.45) is 3.60. The number of nitrogens with two attached hydrogens (primary N) is 1. The maximum absolute atomic E-state index is 8.97. The van der Waals surface area contributed by atoms with Crippen molar-refractivity contribution in [1.82, 2.24) is 5.32 Å². The second-order valence-corrected chi connectivity index (χ2v) is 5.86. The number of hydrogen-bond donors (Lipinski definition) is 3. The van der Waals surface area contributed by atoms with Crippen molar-refractivity contribution in [3.8, 4) is 0 Å². The third-order valence-corrected chi connectivity index (χ3v) is 4.32. The first-order chi connectivity index (χ1) is 10.2. The fourth-order valence-corrected chi connectivity index (χ4v) is 2.64. The van der Waals surface area contributed by atoms with Gasteiger partial charge in [0.15, 0.2) is 0 Å². The van der Waals surface area contributed by atoms with Gasteiger partial charge in [-0.2, -0.15) is 0 Å². The molecule has 1 aromatic rings. The highest BCUT2D eigenvalue weighted by molar-refractivity contribution is 5.87. The summed E-state index contributed by atoms with van der Waals surface area (Å²) in [5, 5.41) is 15.6. The van der Waals surface area contributed by atoms with E-state index in [0.717, 1.165) is 25.1 Å². The first-order valence-electron chi connectivity index (χ1n) is 7.43. The average Bonchev–Trinajstić information content (AvgIpc) is 3.30. The Balaban J connectivity index is 1.89. The molecule has 2 rings (SSSR count). The molecule has 116 valence electrons. The van der Waals surface area contributed by atoms with E-state index in [1.165, 1.54) is 12.8 Å². The maximum atomic E-state index is 8.97. The van der Waals surface area contributed by atoms with Crippen LogP contribution in [0.15, 0.2) is 35.5 Å². The minimum atomic E-state index is -0.102. The smallest absolute Gasteiger partial charge is 0.147 e. The number of ether oxygens (including phenoxy) is 1. The normalized spacial score (nSPS) is 18.4. The fourth-order valence-electron chi connectivity index (χ4n) is 2.64. The number of nitrogens with zero attached hydrogens (tertiary/aromatic N) is 1. The van der Waals surface area contributed by atoms with Gasteiger partial charge in [0.25, 0.3) is 0 Å². The molecule has 5 heteroatoms. The van der Waals surface area contributed by atoms with Gasteiger partial charge in [0.05, 0.1) is 5.92 Å². The Morgan fingerprint density at radius 3 is 2.71 bits per heavy atom. The van der Waals surface area contributed by atoms with Crippen LogP contribution in [0, 0.1) is 5.41 Å². The summed E-state index contributed by atoms with van der Waals surface area (Å²) >= 11 is 0. The molecule has 1 aliphatic rings. The lowest BCUT2D eigenvalue weighted by Gasteiger charge is -2.20. The van der Waals surface area contributed by atoms with Crippen LogP contribution in [0.4, 0.5) is 0 Å². The molecule has 1 atom stereocenters. The summed E-state index contributed by atoms with van der Waals surface area (Å²) in [5.41, 5.74) is 7.28. The van der Waals surface area contributed by atoms with E-state index in [1.54, 1.807) is 7.11 Å². The third-order valence-electron chi connectivity index (χ3n) is 4.32. The predicted octanol–water partition coefficient (Wildman–Crippen LogP) is 1.92. The van der Waals surface area contributed by atoms with E-state index in [9.17, 15) is 0 Å². The summed E-state index contributed by atoms with van der Waals surface area (Å²) in [7, 11) is 1.74. The Morgan fingerprint density at radius 2 is 2.14 bits per heavy atom. The number of methoxy groups -OCH3 is 1. The molecule has 5 nitrogen and oxygen atoms in total. The van der Waals surface area contributed by atoms with Crippen LogP contribution in [0.2, 0.25) is 0 Å². The maximum Gasteiger partial charge on any atom is 0.147 e. The Morgan fingerprint density at radius 1 is 1.43 bits per heavy atom. The van der Waals surface area contributed by atoms with Gasteiger partial charge in [-0.05, 0) is 30.2 Å². The second kappa shape index (κ2) is 7.43. The van der Waals surface area contributed by atoms with E-state index in [-0.39, 0.29) is 11.8 Å². The van der Waals surface area contributed by atoms with Gasteiger partial charge in [0.2, 0.25) is 0 Å². The number of benzene rings is 1. The van der Waals surface area contributed by atoms with Gasteiger partial charge in [0, 0.05) is 26.8 Å². The molecule has 21 heavy (non-hydrogen) atoms. The van der Waals surface area contributed by atoms with E-state index in [4.69, 9.17) is 15.7 Å². The first kappa shape index (κ1) is 15.8. The lowest BCUT2D eigenvalue weighted by atomic mass is 9.97. The van der Waals surface area contributed by atoms with Crippen molar-refractivity contribution in [1.29, 1.82) is 0 Å². The molecule has 0 spiro atoms. The number of rotatable bonds is 9. The minimum Gasteiger partial charge on any atom is -0.409 e. The largest absolute Gasteiger partial charge is 0.409 e. The molecule has 0 radical (unpaired) electrons. The van der Waals surface area contributed by atoms with Crippen LogP contribution in [0.5, 0.6) is 0 Å². The first-order valence-corrected chi connectivity index (χ1v) is 7.43. The quantitative estimate of drug-likeness (QED) is 0.281. The van der Waals surface area contributed by atoms with Crippen LogP contribution >= 0.6 is 0 Å². The zero-order valence-electron chi connectivity index (χ0n) is 12.6. The SMILES string of the molecule is COCCC1(CNCC(/C(N)=N/O)c2ccccc2)CC1. The predicted molar refractivity (Wildman–Crippen MR) is 83.6 cm³/mol. The van der Waals surface area contributed by atoms with Crippen molar-refractivity contribution in [2.75, 3.05) is 26.8 Å².